The third-order valence-electron chi connectivity index (χ3n) is 1.77. The molecule has 0 heterocycles. The van der Waals surface area contributed by atoms with E-state index in [-0.39, 0.29) is 0 Å². The van der Waals surface area contributed by atoms with Gasteiger partial charge in [-0.3, -0.25) is 0 Å². The van der Waals surface area contributed by atoms with Crippen molar-refractivity contribution >= 4 is 0 Å². The van der Waals surface area contributed by atoms with Crippen LogP contribution in [0.2, 0.25) is 0 Å². The predicted molar refractivity (Wildman–Crippen MR) is 40.0 cm³/mol. The highest BCUT2D eigenvalue weighted by atomic mass is 14.2. The van der Waals surface area contributed by atoms with E-state index < -0.39 is 0 Å². The van der Waals surface area contributed by atoms with Gasteiger partial charge in [0.15, 0.2) is 0 Å². The van der Waals surface area contributed by atoms with Crippen molar-refractivity contribution in [3.05, 3.63) is 0 Å². The van der Waals surface area contributed by atoms with Crippen LogP contribution in [0.3, 0.4) is 0 Å². The van der Waals surface area contributed by atoms with Gasteiger partial charge in [-0.25, -0.2) is 0 Å². The molecule has 0 saturated carbocycles. The van der Waals surface area contributed by atoms with E-state index in [1.807, 2.05) is 0 Å². The van der Waals surface area contributed by atoms with Crippen LogP contribution in [0.25, 0.3) is 0 Å². The second-order valence-corrected chi connectivity index (χ2v) is 3.77. The lowest BCUT2D eigenvalue weighted by atomic mass is 9.78. The largest absolute Gasteiger partial charge is 0.102 e. The zero-order chi connectivity index (χ0) is 6.91. The van der Waals surface area contributed by atoms with Crippen molar-refractivity contribution in [2.45, 2.75) is 33.6 Å². The molecule has 9 heavy (non-hydrogen) atoms. The average Bonchev–Trinajstić information content (AvgIpc) is 1.60. The first-order valence-electron chi connectivity index (χ1n) is 3.58. The molecule has 1 aliphatic rings. The van der Waals surface area contributed by atoms with E-state index in [4.69, 9.17) is 0 Å². The average molecular weight is 122 g/mol. The van der Waals surface area contributed by atoms with Crippen LogP contribution in [0, 0.1) is 23.2 Å². The third kappa shape index (κ3) is 1.75. The van der Waals surface area contributed by atoms with E-state index in [9.17, 15) is 0 Å². The van der Waals surface area contributed by atoms with Crippen LogP contribution in [0.15, 0.2) is 0 Å². The molecule has 0 heteroatoms. The second kappa shape index (κ2) is 2.06. The summed E-state index contributed by atoms with van der Waals surface area (Å²) in [6.45, 7) is 6.78. The Balaban J connectivity index is 2.64. The molecule has 0 aromatic heterocycles. The molecule has 0 aromatic rings. The minimum Gasteiger partial charge on any atom is -0.102 e. The Morgan fingerprint density at radius 1 is 1.44 bits per heavy atom. The summed E-state index contributed by atoms with van der Waals surface area (Å²) in [5, 5.41) is 0. The zero-order valence-electron chi connectivity index (χ0n) is 6.49. The Kier molecular flexibility index (Phi) is 1.53. The lowest BCUT2D eigenvalue weighted by Crippen LogP contribution is -2.17. The van der Waals surface area contributed by atoms with Gasteiger partial charge in [0.25, 0.3) is 0 Å². The van der Waals surface area contributed by atoms with Crippen LogP contribution < -0.4 is 0 Å². The minimum absolute atomic E-state index is 0.477. The standard InChI is InChI=1S/C9H14/c1-8-5-4-6-9(2,3)7-8/h8H,6-7H2,1-3H3. The van der Waals surface area contributed by atoms with Crippen molar-refractivity contribution in [3.63, 3.8) is 0 Å². The molecule has 0 fully saturated rings. The Bertz CT molecular complexity index is 155. The van der Waals surface area contributed by atoms with Crippen LogP contribution in [0.1, 0.15) is 33.6 Å². The topological polar surface area (TPSA) is 0 Å². The summed E-state index contributed by atoms with van der Waals surface area (Å²) in [5.41, 5.74) is 0.477. The Morgan fingerprint density at radius 3 is 2.44 bits per heavy atom. The Hall–Kier alpha value is -0.440. The fourth-order valence-electron chi connectivity index (χ4n) is 1.42. The van der Waals surface area contributed by atoms with Crippen molar-refractivity contribution in [2.75, 3.05) is 0 Å². The van der Waals surface area contributed by atoms with Crippen LogP contribution in [-0.4, -0.2) is 0 Å². The van der Waals surface area contributed by atoms with Crippen molar-refractivity contribution in [1.82, 2.24) is 0 Å². The summed E-state index contributed by atoms with van der Waals surface area (Å²) >= 11 is 0. The predicted octanol–water partition coefficient (Wildman–Crippen LogP) is 2.45. The van der Waals surface area contributed by atoms with Gasteiger partial charge in [0.2, 0.25) is 0 Å². The van der Waals surface area contributed by atoms with Gasteiger partial charge in [-0.1, -0.05) is 20.8 Å². The second-order valence-electron chi connectivity index (χ2n) is 3.77. The van der Waals surface area contributed by atoms with Crippen LogP contribution >= 0.6 is 0 Å². The first kappa shape index (κ1) is 6.68. The van der Waals surface area contributed by atoms with Crippen molar-refractivity contribution in [2.24, 2.45) is 11.3 Å². The van der Waals surface area contributed by atoms with E-state index in [1.165, 1.54) is 6.42 Å². The normalized spacial score (nSPS) is 30.8. The van der Waals surface area contributed by atoms with Crippen LogP contribution in [-0.2, 0) is 0 Å². The summed E-state index contributed by atoms with van der Waals surface area (Å²) < 4.78 is 0. The van der Waals surface area contributed by atoms with Gasteiger partial charge < -0.3 is 0 Å². The minimum atomic E-state index is 0.477. The highest BCUT2D eigenvalue weighted by Crippen LogP contribution is 2.30. The van der Waals surface area contributed by atoms with E-state index >= 15 is 0 Å². The molecule has 0 amide bonds. The summed E-state index contributed by atoms with van der Waals surface area (Å²) in [6, 6.07) is 0. The molecular formula is C9H14. The maximum absolute atomic E-state index is 3.19. The van der Waals surface area contributed by atoms with Gasteiger partial charge in [0, 0.05) is 12.3 Å². The summed E-state index contributed by atoms with van der Waals surface area (Å²) in [5.74, 6) is 6.98. The quantitative estimate of drug-likeness (QED) is 0.433. The third-order valence-corrected chi connectivity index (χ3v) is 1.77. The van der Waals surface area contributed by atoms with Crippen molar-refractivity contribution in [1.29, 1.82) is 0 Å². The van der Waals surface area contributed by atoms with Crippen molar-refractivity contribution < 1.29 is 0 Å². The van der Waals surface area contributed by atoms with Crippen LogP contribution in [0.4, 0.5) is 0 Å². The monoisotopic (exact) mass is 122 g/mol. The first-order chi connectivity index (χ1) is 4.10. The SMILES string of the molecule is CC1C#CCC(C)(C)C1. The Labute approximate surface area is 57.7 Å². The van der Waals surface area contributed by atoms with E-state index in [0.717, 1.165) is 6.42 Å². The maximum Gasteiger partial charge on any atom is 0.0180 e. The van der Waals surface area contributed by atoms with Crippen molar-refractivity contribution in [3.8, 4) is 11.8 Å². The molecule has 0 nitrogen and oxygen atoms in total. The van der Waals surface area contributed by atoms with Gasteiger partial charge in [0.1, 0.15) is 0 Å². The molecule has 1 unspecified atom stereocenters. The molecule has 0 saturated heterocycles. The maximum atomic E-state index is 3.19. The molecule has 0 N–H and O–H groups in total. The van der Waals surface area contributed by atoms with Gasteiger partial charge in [-0.15, -0.1) is 11.8 Å². The molecular weight excluding hydrogens is 108 g/mol. The Morgan fingerprint density at radius 2 is 2.11 bits per heavy atom. The highest BCUT2D eigenvalue weighted by molar-refractivity contribution is 5.10. The molecule has 0 aliphatic heterocycles. The highest BCUT2D eigenvalue weighted by Gasteiger charge is 2.21. The molecule has 1 aliphatic carbocycles. The number of rotatable bonds is 0. The lowest BCUT2D eigenvalue weighted by Gasteiger charge is -2.26. The zero-order valence-corrected chi connectivity index (χ0v) is 6.49. The number of hydrogen-bond donors (Lipinski definition) is 0. The summed E-state index contributed by atoms with van der Waals surface area (Å²) in [6.07, 6.45) is 2.34. The van der Waals surface area contributed by atoms with E-state index in [1.54, 1.807) is 0 Å². The molecule has 1 rings (SSSR count). The molecule has 0 aromatic carbocycles. The molecule has 50 valence electrons. The van der Waals surface area contributed by atoms with Gasteiger partial charge >= 0.3 is 0 Å². The smallest absolute Gasteiger partial charge is 0.0180 e. The number of hydrogen-bond acceptors (Lipinski definition) is 0. The lowest BCUT2D eigenvalue weighted by molar-refractivity contribution is 0.304. The molecule has 1 atom stereocenters. The summed E-state index contributed by atoms with van der Waals surface area (Å²) in [4.78, 5) is 0. The molecule has 0 bridgehead atoms. The summed E-state index contributed by atoms with van der Waals surface area (Å²) in [7, 11) is 0. The van der Waals surface area contributed by atoms with Gasteiger partial charge in [-0.05, 0) is 11.8 Å². The molecule has 0 spiro atoms. The fraction of sp³-hybridized carbons (Fsp3) is 0.778. The first-order valence-corrected chi connectivity index (χ1v) is 3.58. The van der Waals surface area contributed by atoms with Gasteiger partial charge in [0.05, 0.1) is 0 Å². The van der Waals surface area contributed by atoms with Crippen LogP contribution in [0.5, 0.6) is 0 Å². The molecule has 0 radical (unpaired) electrons. The van der Waals surface area contributed by atoms with Gasteiger partial charge in [-0.2, -0.15) is 0 Å². The fourth-order valence-corrected chi connectivity index (χ4v) is 1.42. The van der Waals surface area contributed by atoms with E-state index in [2.05, 4.69) is 32.6 Å². The van der Waals surface area contributed by atoms with E-state index in [0.29, 0.717) is 11.3 Å².